The third-order valence-corrected chi connectivity index (χ3v) is 3.98. The van der Waals surface area contributed by atoms with Gasteiger partial charge in [-0.1, -0.05) is 24.3 Å². The Hall–Kier alpha value is -0.900. The molecule has 0 aromatic heterocycles. The van der Waals surface area contributed by atoms with E-state index in [1.54, 1.807) is 7.11 Å². The predicted molar refractivity (Wildman–Crippen MR) is 74.3 cm³/mol. The lowest BCUT2D eigenvalue weighted by atomic mass is 9.78. The van der Waals surface area contributed by atoms with E-state index in [1.807, 2.05) is 0 Å². The molecular weight excluding hydrogens is 224 g/mol. The van der Waals surface area contributed by atoms with Gasteiger partial charge in [0.2, 0.25) is 0 Å². The van der Waals surface area contributed by atoms with Crippen LogP contribution in [0.2, 0.25) is 0 Å². The summed E-state index contributed by atoms with van der Waals surface area (Å²) >= 11 is 0. The lowest BCUT2D eigenvalue weighted by Crippen LogP contribution is -2.41. The number of hydrogen-bond donors (Lipinski definition) is 2. The first kappa shape index (κ1) is 13.5. The van der Waals surface area contributed by atoms with E-state index >= 15 is 0 Å². The third-order valence-electron chi connectivity index (χ3n) is 3.98. The number of fused-ring (bicyclic) bond motifs is 1. The Kier molecular flexibility index (Phi) is 5.17. The van der Waals surface area contributed by atoms with Crippen molar-refractivity contribution in [2.24, 2.45) is 5.84 Å². The zero-order valence-corrected chi connectivity index (χ0v) is 11.2. The van der Waals surface area contributed by atoms with Crippen molar-refractivity contribution < 1.29 is 4.74 Å². The number of nitrogens with one attached hydrogen (secondary N) is 1. The van der Waals surface area contributed by atoms with Crippen LogP contribution in [0.3, 0.4) is 0 Å². The summed E-state index contributed by atoms with van der Waals surface area (Å²) in [5.74, 6) is 6.30. The molecule has 0 amide bonds. The first-order chi connectivity index (χ1) is 8.86. The fourth-order valence-corrected chi connectivity index (χ4v) is 3.06. The molecule has 3 N–H and O–H groups in total. The molecule has 0 bridgehead atoms. The average molecular weight is 248 g/mol. The van der Waals surface area contributed by atoms with Gasteiger partial charge in [0.1, 0.15) is 0 Å². The summed E-state index contributed by atoms with van der Waals surface area (Å²) in [4.78, 5) is 0. The second-order valence-corrected chi connectivity index (χ2v) is 5.11. The van der Waals surface area contributed by atoms with E-state index in [1.165, 1.54) is 30.4 Å². The van der Waals surface area contributed by atoms with E-state index in [9.17, 15) is 0 Å². The van der Waals surface area contributed by atoms with Crippen molar-refractivity contribution in [3.63, 3.8) is 0 Å². The molecule has 18 heavy (non-hydrogen) atoms. The molecule has 100 valence electrons. The molecule has 0 aliphatic heterocycles. The number of hydrazine groups is 1. The van der Waals surface area contributed by atoms with Gasteiger partial charge in [-0.15, -0.1) is 0 Å². The van der Waals surface area contributed by atoms with Gasteiger partial charge in [0.05, 0.1) is 0 Å². The second-order valence-electron chi connectivity index (χ2n) is 5.11. The Labute approximate surface area is 110 Å². The van der Waals surface area contributed by atoms with E-state index in [0.29, 0.717) is 12.0 Å². The van der Waals surface area contributed by atoms with Crippen molar-refractivity contribution in [3.8, 4) is 0 Å². The summed E-state index contributed by atoms with van der Waals surface area (Å²) in [6, 6.07) is 9.16. The summed E-state index contributed by atoms with van der Waals surface area (Å²) in [5, 5.41) is 0. The highest BCUT2D eigenvalue weighted by Gasteiger charge is 2.26. The molecule has 2 atom stereocenters. The zero-order valence-electron chi connectivity index (χ0n) is 11.2. The van der Waals surface area contributed by atoms with Crippen LogP contribution in [-0.4, -0.2) is 19.8 Å². The van der Waals surface area contributed by atoms with E-state index in [-0.39, 0.29) is 0 Å². The van der Waals surface area contributed by atoms with Crippen molar-refractivity contribution in [1.29, 1.82) is 0 Å². The average Bonchev–Trinajstić information content (AvgIpc) is 2.43. The van der Waals surface area contributed by atoms with Crippen molar-refractivity contribution in [2.45, 2.75) is 44.1 Å². The number of ether oxygens (including phenoxy) is 1. The predicted octanol–water partition coefficient (Wildman–Crippen LogP) is 2.37. The molecule has 2 unspecified atom stereocenters. The quantitative estimate of drug-likeness (QED) is 0.461. The molecular formula is C15H24N2O. The van der Waals surface area contributed by atoms with Gasteiger partial charge in [-0.2, -0.15) is 0 Å². The van der Waals surface area contributed by atoms with Crippen molar-refractivity contribution in [3.05, 3.63) is 35.4 Å². The first-order valence-electron chi connectivity index (χ1n) is 6.89. The largest absolute Gasteiger partial charge is 0.385 e. The van der Waals surface area contributed by atoms with Gasteiger partial charge in [0.15, 0.2) is 0 Å². The fourth-order valence-electron chi connectivity index (χ4n) is 3.06. The standard InChI is InChI=1S/C15H24N2O/c1-18-11-5-10-15(17-16)14-9-4-7-12-6-2-3-8-13(12)14/h2-3,6,8,14-15,17H,4-5,7,9-11,16H2,1H3. The lowest BCUT2D eigenvalue weighted by molar-refractivity contribution is 0.186. The summed E-state index contributed by atoms with van der Waals surface area (Å²) < 4.78 is 5.12. The smallest absolute Gasteiger partial charge is 0.0462 e. The molecule has 0 radical (unpaired) electrons. The normalized spacial score (nSPS) is 20.4. The minimum Gasteiger partial charge on any atom is -0.385 e. The molecule has 0 fully saturated rings. The van der Waals surface area contributed by atoms with E-state index in [0.717, 1.165) is 19.4 Å². The van der Waals surface area contributed by atoms with E-state index < -0.39 is 0 Å². The van der Waals surface area contributed by atoms with Crippen LogP contribution in [0, 0.1) is 0 Å². The molecule has 3 nitrogen and oxygen atoms in total. The van der Waals surface area contributed by atoms with Crippen molar-refractivity contribution >= 4 is 0 Å². The minimum atomic E-state index is 0.363. The van der Waals surface area contributed by atoms with E-state index in [2.05, 4.69) is 29.7 Å². The van der Waals surface area contributed by atoms with Crippen LogP contribution in [0.5, 0.6) is 0 Å². The second kappa shape index (κ2) is 6.88. The molecule has 1 aliphatic rings. The van der Waals surface area contributed by atoms with Gasteiger partial charge in [0, 0.05) is 25.7 Å². The van der Waals surface area contributed by atoms with Crippen LogP contribution >= 0.6 is 0 Å². The third kappa shape index (κ3) is 3.10. The van der Waals surface area contributed by atoms with Gasteiger partial charge in [0.25, 0.3) is 0 Å². The molecule has 0 heterocycles. The van der Waals surface area contributed by atoms with Gasteiger partial charge in [-0.05, 0) is 43.2 Å². The Bertz CT molecular complexity index is 367. The molecule has 2 rings (SSSR count). The maximum atomic E-state index is 5.75. The number of aryl methyl sites for hydroxylation is 1. The molecule has 0 spiro atoms. The monoisotopic (exact) mass is 248 g/mol. The summed E-state index contributed by atoms with van der Waals surface area (Å²) in [6.45, 7) is 0.812. The fraction of sp³-hybridized carbons (Fsp3) is 0.600. The highest BCUT2D eigenvalue weighted by molar-refractivity contribution is 5.33. The van der Waals surface area contributed by atoms with Gasteiger partial charge in [-0.3, -0.25) is 11.3 Å². The van der Waals surface area contributed by atoms with Gasteiger partial charge < -0.3 is 4.74 Å². The Morgan fingerprint density at radius 3 is 3.06 bits per heavy atom. The Balaban J connectivity index is 2.07. The van der Waals surface area contributed by atoms with Crippen LogP contribution in [0.1, 0.15) is 42.7 Å². The first-order valence-corrected chi connectivity index (χ1v) is 6.89. The lowest BCUT2D eigenvalue weighted by Gasteiger charge is -2.32. The van der Waals surface area contributed by atoms with E-state index in [4.69, 9.17) is 10.6 Å². The summed E-state index contributed by atoms with van der Waals surface area (Å²) in [6.07, 6.45) is 5.85. The molecule has 1 aliphatic carbocycles. The number of nitrogens with two attached hydrogens (primary N) is 1. The maximum absolute atomic E-state index is 5.75. The molecule has 0 saturated heterocycles. The molecule has 1 aromatic rings. The Morgan fingerprint density at radius 1 is 1.44 bits per heavy atom. The topological polar surface area (TPSA) is 47.3 Å². The summed E-state index contributed by atoms with van der Waals surface area (Å²) in [7, 11) is 1.75. The van der Waals surface area contributed by atoms with Crippen LogP contribution in [0.4, 0.5) is 0 Å². The number of rotatable bonds is 6. The molecule has 1 aromatic carbocycles. The van der Waals surface area contributed by atoms with Crippen LogP contribution < -0.4 is 11.3 Å². The highest BCUT2D eigenvalue weighted by atomic mass is 16.5. The highest BCUT2D eigenvalue weighted by Crippen LogP contribution is 2.34. The SMILES string of the molecule is COCCCC(NN)C1CCCc2ccccc21. The maximum Gasteiger partial charge on any atom is 0.0462 e. The number of hydrogen-bond acceptors (Lipinski definition) is 3. The minimum absolute atomic E-state index is 0.363. The number of methoxy groups -OCH3 is 1. The van der Waals surface area contributed by atoms with Crippen molar-refractivity contribution in [1.82, 2.24) is 5.43 Å². The van der Waals surface area contributed by atoms with Crippen molar-refractivity contribution in [2.75, 3.05) is 13.7 Å². The molecule has 3 heteroatoms. The molecule has 0 saturated carbocycles. The van der Waals surface area contributed by atoms with Crippen LogP contribution in [-0.2, 0) is 11.2 Å². The van der Waals surface area contributed by atoms with Gasteiger partial charge >= 0.3 is 0 Å². The Morgan fingerprint density at radius 2 is 2.28 bits per heavy atom. The zero-order chi connectivity index (χ0) is 12.8. The summed E-state index contributed by atoms with van der Waals surface area (Å²) in [5.41, 5.74) is 6.01. The van der Waals surface area contributed by atoms with Crippen LogP contribution in [0.15, 0.2) is 24.3 Å². The van der Waals surface area contributed by atoms with Crippen LogP contribution in [0.25, 0.3) is 0 Å². The van der Waals surface area contributed by atoms with Gasteiger partial charge in [-0.25, -0.2) is 0 Å². The number of benzene rings is 1.